The Morgan fingerprint density at radius 3 is 2.74 bits per heavy atom. The number of ether oxygens (including phenoxy) is 2. The molecule has 0 saturated carbocycles. The molecule has 1 aromatic carbocycles. The van der Waals surface area contributed by atoms with Crippen molar-refractivity contribution in [2.45, 2.75) is 19.4 Å². The van der Waals surface area contributed by atoms with Gasteiger partial charge >= 0.3 is 0 Å². The number of hydrogen-bond acceptors (Lipinski definition) is 5. The number of carbonyl (C=O) groups excluding carboxylic acids is 1. The van der Waals surface area contributed by atoms with Crippen molar-refractivity contribution >= 4 is 11.6 Å². The molecule has 0 unspecified atom stereocenters. The molecule has 6 nitrogen and oxygen atoms in total. The maximum atomic E-state index is 11.9. The van der Waals surface area contributed by atoms with E-state index in [1.54, 1.807) is 32.6 Å². The lowest BCUT2D eigenvalue weighted by Crippen LogP contribution is -2.23. The van der Waals surface area contributed by atoms with Gasteiger partial charge in [-0.25, -0.2) is 5.01 Å². The van der Waals surface area contributed by atoms with E-state index in [0.29, 0.717) is 23.7 Å². The van der Waals surface area contributed by atoms with Gasteiger partial charge in [-0.3, -0.25) is 4.79 Å². The fraction of sp³-hybridized carbons (Fsp3) is 0.294. The summed E-state index contributed by atoms with van der Waals surface area (Å²) in [5.41, 5.74) is 1.62. The quantitative estimate of drug-likeness (QED) is 0.870. The molecular formula is C17H18N2O4. The molecule has 120 valence electrons. The molecule has 6 heteroatoms. The molecule has 0 saturated heterocycles. The summed E-state index contributed by atoms with van der Waals surface area (Å²) in [6, 6.07) is 8.96. The highest BCUT2D eigenvalue weighted by molar-refractivity contribution is 6.05. The van der Waals surface area contributed by atoms with Crippen LogP contribution in [0.2, 0.25) is 0 Å². The number of benzene rings is 1. The molecule has 2 heterocycles. The normalized spacial score (nSPS) is 17.1. The summed E-state index contributed by atoms with van der Waals surface area (Å²) in [5.74, 6) is 1.95. The average molecular weight is 314 g/mol. The zero-order chi connectivity index (χ0) is 16.4. The first-order chi connectivity index (χ1) is 11.1. The lowest BCUT2D eigenvalue weighted by molar-refractivity contribution is -0.130. The fourth-order valence-corrected chi connectivity index (χ4v) is 2.70. The highest BCUT2D eigenvalue weighted by Gasteiger charge is 2.34. The third-order valence-corrected chi connectivity index (χ3v) is 3.82. The minimum atomic E-state index is -0.232. The molecule has 0 N–H and O–H groups in total. The lowest BCUT2D eigenvalue weighted by Gasteiger charge is -2.17. The molecule has 1 aromatic heterocycles. The monoisotopic (exact) mass is 314 g/mol. The first kappa shape index (κ1) is 15.1. The van der Waals surface area contributed by atoms with E-state index >= 15 is 0 Å². The third-order valence-electron chi connectivity index (χ3n) is 3.82. The molecule has 3 rings (SSSR count). The van der Waals surface area contributed by atoms with E-state index in [1.807, 2.05) is 18.2 Å². The Hall–Kier alpha value is -2.76. The van der Waals surface area contributed by atoms with Gasteiger partial charge in [-0.1, -0.05) is 0 Å². The Morgan fingerprint density at radius 2 is 2.13 bits per heavy atom. The van der Waals surface area contributed by atoms with Gasteiger partial charge in [-0.2, -0.15) is 5.10 Å². The van der Waals surface area contributed by atoms with Crippen molar-refractivity contribution < 1.29 is 18.7 Å². The third kappa shape index (κ3) is 2.79. The molecule has 0 spiro atoms. The van der Waals surface area contributed by atoms with Crippen LogP contribution in [0, 0.1) is 0 Å². The minimum Gasteiger partial charge on any atom is -0.497 e. The van der Waals surface area contributed by atoms with Gasteiger partial charge in [0.05, 0.1) is 26.2 Å². The number of hydrazone groups is 1. The lowest BCUT2D eigenvalue weighted by atomic mass is 10.0. The molecule has 0 radical (unpaired) electrons. The number of carbonyl (C=O) groups is 1. The van der Waals surface area contributed by atoms with E-state index in [9.17, 15) is 4.79 Å². The number of nitrogens with zero attached hydrogens (tertiary/aromatic N) is 2. The smallest absolute Gasteiger partial charge is 0.240 e. The molecule has 23 heavy (non-hydrogen) atoms. The van der Waals surface area contributed by atoms with Crippen molar-refractivity contribution in [2.75, 3.05) is 14.2 Å². The van der Waals surface area contributed by atoms with Crippen LogP contribution >= 0.6 is 0 Å². The van der Waals surface area contributed by atoms with Crippen LogP contribution in [-0.2, 0) is 4.79 Å². The molecule has 1 aliphatic heterocycles. The molecule has 2 aromatic rings. The second-order valence-corrected chi connectivity index (χ2v) is 5.21. The average Bonchev–Trinajstić information content (AvgIpc) is 3.23. The largest absolute Gasteiger partial charge is 0.497 e. The highest BCUT2D eigenvalue weighted by Crippen LogP contribution is 2.36. The molecule has 1 amide bonds. The minimum absolute atomic E-state index is 0.131. The van der Waals surface area contributed by atoms with Crippen LogP contribution < -0.4 is 9.47 Å². The van der Waals surface area contributed by atoms with Crippen LogP contribution in [0.15, 0.2) is 46.1 Å². The predicted octanol–water partition coefficient (Wildman–Crippen LogP) is 2.99. The van der Waals surface area contributed by atoms with Gasteiger partial charge in [0.15, 0.2) is 0 Å². The van der Waals surface area contributed by atoms with Gasteiger partial charge in [0, 0.05) is 25.0 Å². The Morgan fingerprint density at radius 1 is 1.30 bits per heavy atom. The van der Waals surface area contributed by atoms with Gasteiger partial charge in [-0.15, -0.1) is 0 Å². The highest BCUT2D eigenvalue weighted by atomic mass is 16.5. The van der Waals surface area contributed by atoms with E-state index in [2.05, 4.69) is 5.10 Å². The summed E-state index contributed by atoms with van der Waals surface area (Å²) < 4.78 is 16.1. The van der Waals surface area contributed by atoms with Crippen molar-refractivity contribution in [1.82, 2.24) is 5.01 Å². The predicted molar refractivity (Wildman–Crippen MR) is 84.7 cm³/mol. The first-order valence-corrected chi connectivity index (χ1v) is 7.27. The topological polar surface area (TPSA) is 64.3 Å². The Balaban J connectivity index is 1.97. The summed E-state index contributed by atoms with van der Waals surface area (Å²) in [6.07, 6.45) is 2.16. The van der Waals surface area contributed by atoms with Crippen LogP contribution in [0.3, 0.4) is 0 Å². The second kappa shape index (κ2) is 6.16. The summed E-state index contributed by atoms with van der Waals surface area (Å²) in [4.78, 5) is 11.9. The van der Waals surface area contributed by atoms with E-state index in [0.717, 1.165) is 11.3 Å². The second-order valence-electron chi connectivity index (χ2n) is 5.21. The summed E-state index contributed by atoms with van der Waals surface area (Å²) in [7, 11) is 3.20. The van der Waals surface area contributed by atoms with Crippen LogP contribution in [0.25, 0.3) is 0 Å². The zero-order valence-corrected chi connectivity index (χ0v) is 13.3. The molecule has 0 bridgehead atoms. The van der Waals surface area contributed by atoms with Gasteiger partial charge < -0.3 is 13.9 Å². The van der Waals surface area contributed by atoms with E-state index in [-0.39, 0.29) is 11.9 Å². The standard InChI is InChI=1S/C17H18N2O4/c1-11(20)19-15(16-5-4-8-23-16)10-14(18-19)13-7-6-12(21-2)9-17(13)22-3/h4-9,15H,10H2,1-3H3/t15-/m1/s1. The Bertz CT molecular complexity index is 737. The van der Waals surface area contributed by atoms with Crippen LogP contribution in [0.4, 0.5) is 0 Å². The fourth-order valence-electron chi connectivity index (χ4n) is 2.70. The van der Waals surface area contributed by atoms with E-state index in [1.165, 1.54) is 11.9 Å². The molecule has 0 fully saturated rings. The summed E-state index contributed by atoms with van der Waals surface area (Å²) >= 11 is 0. The van der Waals surface area contributed by atoms with Crippen LogP contribution in [0.1, 0.15) is 30.7 Å². The number of furan rings is 1. The number of hydrogen-bond donors (Lipinski definition) is 0. The maximum absolute atomic E-state index is 11.9. The number of amides is 1. The van der Waals surface area contributed by atoms with Gasteiger partial charge in [0.2, 0.25) is 5.91 Å². The van der Waals surface area contributed by atoms with Crippen molar-refractivity contribution in [3.05, 3.63) is 47.9 Å². The van der Waals surface area contributed by atoms with Crippen molar-refractivity contribution in [3.8, 4) is 11.5 Å². The first-order valence-electron chi connectivity index (χ1n) is 7.27. The number of methoxy groups -OCH3 is 2. The summed E-state index contributed by atoms with van der Waals surface area (Å²) in [5, 5.41) is 5.94. The van der Waals surface area contributed by atoms with Crippen molar-refractivity contribution in [2.24, 2.45) is 5.10 Å². The Kier molecular flexibility index (Phi) is 4.06. The Labute approximate surface area is 134 Å². The van der Waals surface area contributed by atoms with Crippen molar-refractivity contribution in [1.29, 1.82) is 0 Å². The SMILES string of the molecule is COc1ccc(C2=NN(C(C)=O)[C@@H](c3ccco3)C2)c(OC)c1. The van der Waals surface area contributed by atoms with Gasteiger partial charge in [-0.05, 0) is 24.3 Å². The van der Waals surface area contributed by atoms with E-state index in [4.69, 9.17) is 13.9 Å². The number of rotatable bonds is 4. The maximum Gasteiger partial charge on any atom is 0.240 e. The van der Waals surface area contributed by atoms with Crippen LogP contribution in [-0.4, -0.2) is 30.8 Å². The van der Waals surface area contributed by atoms with Crippen LogP contribution in [0.5, 0.6) is 11.5 Å². The van der Waals surface area contributed by atoms with Crippen molar-refractivity contribution in [3.63, 3.8) is 0 Å². The summed E-state index contributed by atoms with van der Waals surface area (Å²) in [6.45, 7) is 1.49. The molecular weight excluding hydrogens is 296 g/mol. The van der Waals surface area contributed by atoms with Gasteiger partial charge in [0.1, 0.15) is 23.3 Å². The zero-order valence-electron chi connectivity index (χ0n) is 13.3. The van der Waals surface area contributed by atoms with Gasteiger partial charge in [0.25, 0.3) is 0 Å². The molecule has 0 aliphatic carbocycles. The van der Waals surface area contributed by atoms with E-state index < -0.39 is 0 Å². The molecule has 1 atom stereocenters. The molecule has 1 aliphatic rings.